The molecule has 0 atom stereocenters. The van der Waals surface area contributed by atoms with E-state index in [9.17, 15) is 14.9 Å². The molecule has 1 heterocycles. The first-order valence-corrected chi connectivity index (χ1v) is 7.44. The Morgan fingerprint density at radius 2 is 2.00 bits per heavy atom. The predicted octanol–water partition coefficient (Wildman–Crippen LogP) is 3.34. The fourth-order valence-electron chi connectivity index (χ4n) is 2.57. The number of hydrogen-bond acceptors (Lipinski definition) is 3. The van der Waals surface area contributed by atoms with Crippen LogP contribution in [0, 0.1) is 11.3 Å². The molecule has 1 aromatic heterocycles. The maximum atomic E-state index is 12.3. The molecule has 0 unspecified atom stereocenters. The molecule has 0 fully saturated rings. The maximum absolute atomic E-state index is 12.3. The quantitative estimate of drug-likeness (QED) is 0.765. The minimum Gasteiger partial charge on any atom is -0.477 e. The Morgan fingerprint density at radius 3 is 2.71 bits per heavy atom. The summed E-state index contributed by atoms with van der Waals surface area (Å²) in [7, 11) is 0. The number of carbonyl (C=O) groups is 1. The number of carboxylic acid groups (broad SMARTS) is 1. The van der Waals surface area contributed by atoms with Crippen LogP contribution in [0.15, 0.2) is 47.4 Å². The van der Waals surface area contributed by atoms with E-state index in [1.165, 1.54) is 0 Å². The average Bonchev–Trinajstić information content (AvgIpc) is 2.56. The summed E-state index contributed by atoms with van der Waals surface area (Å²) in [5, 5.41) is 18.9. The summed E-state index contributed by atoms with van der Waals surface area (Å²) in [6, 6.07) is 12.4. The van der Waals surface area contributed by atoms with Crippen molar-refractivity contribution >= 4 is 28.5 Å². The lowest BCUT2D eigenvalue weighted by atomic mass is 9.98. The van der Waals surface area contributed by atoms with E-state index in [4.69, 9.17) is 16.7 Å². The van der Waals surface area contributed by atoms with E-state index >= 15 is 0 Å². The molecule has 0 bridgehead atoms. The lowest BCUT2D eigenvalue weighted by molar-refractivity contribution is 0.0695. The van der Waals surface area contributed by atoms with Crippen LogP contribution in [0.2, 0.25) is 5.02 Å². The van der Waals surface area contributed by atoms with Crippen molar-refractivity contribution in [3.05, 3.63) is 80.1 Å². The zero-order valence-electron chi connectivity index (χ0n) is 12.3. The Balaban J connectivity index is 2.17. The number of pyridine rings is 1. The molecule has 2 aromatic carbocycles. The molecule has 24 heavy (non-hydrogen) atoms. The van der Waals surface area contributed by atoms with Crippen molar-refractivity contribution in [1.82, 2.24) is 4.98 Å². The molecule has 0 amide bonds. The van der Waals surface area contributed by atoms with Gasteiger partial charge in [0.1, 0.15) is 5.56 Å². The van der Waals surface area contributed by atoms with E-state index in [-0.39, 0.29) is 10.9 Å². The predicted molar refractivity (Wildman–Crippen MR) is 90.5 cm³/mol. The van der Waals surface area contributed by atoms with E-state index in [1.54, 1.807) is 24.3 Å². The molecule has 0 aliphatic rings. The summed E-state index contributed by atoms with van der Waals surface area (Å²) >= 11 is 6.28. The summed E-state index contributed by atoms with van der Waals surface area (Å²) in [5.41, 5.74) is 1.54. The molecule has 0 saturated heterocycles. The van der Waals surface area contributed by atoms with Gasteiger partial charge in [0.2, 0.25) is 5.43 Å². The van der Waals surface area contributed by atoms with Gasteiger partial charge in [0.15, 0.2) is 0 Å². The Hall–Kier alpha value is -3.10. The van der Waals surface area contributed by atoms with Crippen molar-refractivity contribution < 1.29 is 9.90 Å². The number of nitriles is 1. The van der Waals surface area contributed by atoms with Gasteiger partial charge in [0, 0.05) is 23.0 Å². The van der Waals surface area contributed by atoms with E-state index in [0.717, 1.165) is 11.8 Å². The van der Waals surface area contributed by atoms with E-state index in [0.29, 0.717) is 28.1 Å². The van der Waals surface area contributed by atoms with Gasteiger partial charge in [-0.1, -0.05) is 29.8 Å². The monoisotopic (exact) mass is 338 g/mol. The van der Waals surface area contributed by atoms with Crippen LogP contribution in [0.25, 0.3) is 10.9 Å². The SMILES string of the molecule is N#Cc1ccccc1Cc1cc2c(=O)c(C(=O)O)c[nH]c2cc1Cl. The number of aromatic amines is 1. The first kappa shape index (κ1) is 15.8. The van der Waals surface area contributed by atoms with Crippen molar-refractivity contribution in [2.24, 2.45) is 0 Å². The van der Waals surface area contributed by atoms with Crippen molar-refractivity contribution in [2.45, 2.75) is 6.42 Å². The van der Waals surface area contributed by atoms with E-state index in [1.807, 2.05) is 12.1 Å². The number of aromatic nitrogens is 1. The number of halogens is 1. The van der Waals surface area contributed by atoms with Crippen LogP contribution in [0.5, 0.6) is 0 Å². The number of aromatic carboxylic acids is 1. The third-order valence-corrected chi connectivity index (χ3v) is 4.15. The fraction of sp³-hybridized carbons (Fsp3) is 0.0556. The van der Waals surface area contributed by atoms with Crippen LogP contribution in [0.4, 0.5) is 0 Å². The van der Waals surface area contributed by atoms with Crippen molar-refractivity contribution in [1.29, 1.82) is 5.26 Å². The zero-order valence-corrected chi connectivity index (χ0v) is 13.1. The van der Waals surface area contributed by atoms with Gasteiger partial charge >= 0.3 is 5.97 Å². The number of fused-ring (bicyclic) bond motifs is 1. The molecule has 0 aliphatic heterocycles. The van der Waals surface area contributed by atoms with E-state index in [2.05, 4.69) is 11.1 Å². The number of carboxylic acids is 1. The van der Waals surface area contributed by atoms with Gasteiger partial charge in [-0.2, -0.15) is 5.26 Å². The Bertz CT molecular complexity index is 1060. The third-order valence-electron chi connectivity index (χ3n) is 3.80. The minimum absolute atomic E-state index is 0.253. The largest absolute Gasteiger partial charge is 0.477 e. The van der Waals surface area contributed by atoms with E-state index < -0.39 is 11.4 Å². The highest BCUT2D eigenvalue weighted by Gasteiger charge is 2.14. The molecule has 3 rings (SSSR count). The second-order valence-electron chi connectivity index (χ2n) is 5.27. The summed E-state index contributed by atoms with van der Waals surface area (Å²) in [6.07, 6.45) is 1.53. The first-order valence-electron chi connectivity index (χ1n) is 7.06. The molecule has 5 nitrogen and oxygen atoms in total. The molecule has 2 N–H and O–H groups in total. The summed E-state index contributed by atoms with van der Waals surface area (Å²) in [6.45, 7) is 0. The molecule has 0 spiro atoms. The summed E-state index contributed by atoms with van der Waals surface area (Å²) in [5.74, 6) is -1.29. The summed E-state index contributed by atoms with van der Waals surface area (Å²) < 4.78 is 0. The third kappa shape index (κ3) is 2.75. The molecular weight excluding hydrogens is 328 g/mol. The number of nitrogens with zero attached hydrogens (tertiary/aromatic N) is 1. The average molecular weight is 339 g/mol. The Kier molecular flexibility index (Phi) is 4.07. The zero-order chi connectivity index (χ0) is 17.3. The topological polar surface area (TPSA) is 93.9 Å². The highest BCUT2D eigenvalue weighted by atomic mass is 35.5. The van der Waals surface area contributed by atoms with Crippen LogP contribution < -0.4 is 5.43 Å². The van der Waals surface area contributed by atoms with Gasteiger partial charge < -0.3 is 10.1 Å². The lowest BCUT2D eigenvalue weighted by Gasteiger charge is -2.09. The molecule has 0 radical (unpaired) electrons. The second kappa shape index (κ2) is 6.19. The molecule has 118 valence electrons. The van der Waals surface area contributed by atoms with Gasteiger partial charge in [0.05, 0.1) is 17.1 Å². The van der Waals surface area contributed by atoms with Crippen LogP contribution in [0.3, 0.4) is 0 Å². The Morgan fingerprint density at radius 1 is 1.25 bits per heavy atom. The van der Waals surface area contributed by atoms with Gasteiger partial charge in [-0.15, -0.1) is 0 Å². The second-order valence-corrected chi connectivity index (χ2v) is 5.68. The number of hydrogen-bond donors (Lipinski definition) is 2. The highest BCUT2D eigenvalue weighted by Crippen LogP contribution is 2.25. The summed E-state index contributed by atoms with van der Waals surface area (Å²) in [4.78, 5) is 26.2. The van der Waals surface area contributed by atoms with Crippen LogP contribution in [0.1, 0.15) is 27.0 Å². The standard InChI is InChI=1S/C18H11ClN2O3/c19-15-7-16-13(17(22)14(9-21-16)18(23)24)6-12(15)5-10-3-1-2-4-11(10)8-20/h1-4,6-7,9H,5H2,(H,21,22)(H,23,24). The highest BCUT2D eigenvalue weighted by molar-refractivity contribution is 6.32. The van der Waals surface area contributed by atoms with Gasteiger partial charge in [-0.25, -0.2) is 4.79 Å². The number of nitrogens with one attached hydrogen (secondary N) is 1. The maximum Gasteiger partial charge on any atom is 0.341 e. The van der Waals surface area contributed by atoms with Crippen molar-refractivity contribution in [3.63, 3.8) is 0 Å². The van der Waals surface area contributed by atoms with Crippen LogP contribution >= 0.6 is 11.6 Å². The van der Waals surface area contributed by atoms with Crippen molar-refractivity contribution in [2.75, 3.05) is 0 Å². The fourth-order valence-corrected chi connectivity index (χ4v) is 2.80. The first-order chi connectivity index (χ1) is 11.5. The molecule has 3 aromatic rings. The Labute approximate surface area is 141 Å². The number of H-pyrrole nitrogens is 1. The molecular formula is C18H11ClN2O3. The van der Waals surface area contributed by atoms with Gasteiger partial charge in [-0.3, -0.25) is 4.79 Å². The minimum atomic E-state index is -1.29. The van der Waals surface area contributed by atoms with Gasteiger partial charge in [-0.05, 0) is 29.3 Å². The van der Waals surface area contributed by atoms with Crippen LogP contribution in [-0.2, 0) is 6.42 Å². The van der Waals surface area contributed by atoms with Crippen molar-refractivity contribution in [3.8, 4) is 6.07 Å². The smallest absolute Gasteiger partial charge is 0.341 e. The van der Waals surface area contributed by atoms with Gasteiger partial charge in [0.25, 0.3) is 0 Å². The lowest BCUT2D eigenvalue weighted by Crippen LogP contribution is -2.15. The number of benzene rings is 2. The normalized spacial score (nSPS) is 10.5. The molecule has 6 heteroatoms. The van der Waals surface area contributed by atoms with Crippen LogP contribution in [-0.4, -0.2) is 16.1 Å². The molecule has 0 aliphatic carbocycles. The molecule has 0 saturated carbocycles. The number of rotatable bonds is 3.